The van der Waals surface area contributed by atoms with Crippen LogP contribution in [-0.4, -0.2) is 15.8 Å². The largest absolute Gasteiger partial charge is 0.291 e. The zero-order chi connectivity index (χ0) is 14.9. The van der Waals surface area contributed by atoms with E-state index >= 15 is 0 Å². The van der Waals surface area contributed by atoms with E-state index in [9.17, 15) is 5.26 Å². The van der Waals surface area contributed by atoms with E-state index in [1.165, 1.54) is 0 Å². The molecule has 0 bridgehead atoms. The fourth-order valence-electron chi connectivity index (χ4n) is 2.71. The summed E-state index contributed by atoms with van der Waals surface area (Å²) < 4.78 is 1.93. The number of hydrogen-bond donors (Lipinski definition) is 1. The van der Waals surface area contributed by atoms with Crippen LogP contribution in [0.15, 0.2) is 36.4 Å². The average Bonchev–Trinajstić information content (AvgIpc) is 3.24. The molecule has 1 unspecified atom stereocenters. The van der Waals surface area contributed by atoms with E-state index in [0.29, 0.717) is 12.6 Å². The molecule has 1 aromatic carbocycles. The predicted octanol–water partition coefficient (Wildman–Crippen LogP) is 2.67. The number of aromatic nitrogens is 2. The predicted molar refractivity (Wildman–Crippen MR) is 81.6 cm³/mol. The molecule has 2 aromatic rings. The molecule has 0 amide bonds. The molecule has 1 aliphatic carbocycles. The Bertz CT molecular complexity index is 664. The molecule has 0 aliphatic heterocycles. The van der Waals surface area contributed by atoms with Crippen molar-refractivity contribution in [2.45, 2.75) is 44.8 Å². The van der Waals surface area contributed by atoms with Gasteiger partial charge in [0.1, 0.15) is 0 Å². The van der Waals surface area contributed by atoms with Gasteiger partial charge in [0, 0.05) is 11.7 Å². The summed E-state index contributed by atoms with van der Waals surface area (Å²) in [5, 5.41) is 18.0. The molecule has 0 spiro atoms. The Morgan fingerprint density at radius 3 is 2.57 bits per heavy atom. The van der Waals surface area contributed by atoms with Crippen molar-refractivity contribution in [3.8, 4) is 6.07 Å². The second kappa shape index (κ2) is 5.34. The van der Waals surface area contributed by atoms with Crippen LogP contribution in [0.3, 0.4) is 0 Å². The molecular weight excluding hydrogens is 260 g/mol. The van der Waals surface area contributed by atoms with Gasteiger partial charge in [0.05, 0.1) is 18.3 Å². The van der Waals surface area contributed by atoms with E-state index in [1.807, 2.05) is 54.9 Å². The molecule has 4 nitrogen and oxygen atoms in total. The fraction of sp³-hybridized carbons (Fsp3) is 0.412. The highest BCUT2D eigenvalue weighted by Gasteiger charge is 2.39. The molecule has 1 fully saturated rings. The minimum atomic E-state index is -0.717. The third kappa shape index (κ3) is 2.84. The lowest BCUT2D eigenvalue weighted by Gasteiger charge is -2.29. The van der Waals surface area contributed by atoms with Gasteiger partial charge in [0.25, 0.3) is 0 Å². The maximum atomic E-state index is 9.91. The van der Waals surface area contributed by atoms with Crippen LogP contribution < -0.4 is 5.32 Å². The zero-order valence-electron chi connectivity index (χ0n) is 12.5. The summed E-state index contributed by atoms with van der Waals surface area (Å²) in [5.41, 5.74) is 2.36. The van der Waals surface area contributed by atoms with Crippen LogP contribution in [0.1, 0.15) is 29.8 Å². The van der Waals surface area contributed by atoms with E-state index in [2.05, 4.69) is 16.5 Å². The third-order valence-corrected chi connectivity index (χ3v) is 3.98. The molecule has 1 atom stereocenters. The molecule has 1 aromatic heterocycles. The Hall–Kier alpha value is -2.12. The summed E-state index contributed by atoms with van der Waals surface area (Å²) in [6.07, 6.45) is 2.29. The first-order valence-corrected chi connectivity index (χ1v) is 7.38. The van der Waals surface area contributed by atoms with Crippen molar-refractivity contribution in [2.75, 3.05) is 0 Å². The molecule has 21 heavy (non-hydrogen) atoms. The number of rotatable bonds is 5. The lowest BCUT2D eigenvalue weighted by atomic mass is 9.91. The van der Waals surface area contributed by atoms with Crippen LogP contribution in [0.4, 0.5) is 0 Å². The average molecular weight is 280 g/mol. The highest BCUT2D eigenvalue weighted by atomic mass is 15.3. The lowest BCUT2D eigenvalue weighted by molar-refractivity contribution is 0.344. The van der Waals surface area contributed by atoms with Crippen LogP contribution in [0.2, 0.25) is 0 Å². The van der Waals surface area contributed by atoms with Gasteiger partial charge in [0.2, 0.25) is 0 Å². The number of nitrogens with one attached hydrogen (secondary N) is 1. The molecule has 1 aliphatic rings. The van der Waals surface area contributed by atoms with Gasteiger partial charge < -0.3 is 0 Å². The second-order valence-corrected chi connectivity index (χ2v) is 5.89. The Kier molecular flexibility index (Phi) is 3.52. The van der Waals surface area contributed by atoms with Gasteiger partial charge in [-0.2, -0.15) is 10.4 Å². The van der Waals surface area contributed by atoms with Crippen LogP contribution in [0.5, 0.6) is 0 Å². The van der Waals surface area contributed by atoms with Gasteiger partial charge >= 0.3 is 0 Å². The first-order valence-electron chi connectivity index (χ1n) is 7.38. The first-order chi connectivity index (χ1) is 10.1. The number of nitriles is 1. The van der Waals surface area contributed by atoms with Gasteiger partial charge in [0.15, 0.2) is 5.54 Å². The highest BCUT2D eigenvalue weighted by Crippen LogP contribution is 2.30. The van der Waals surface area contributed by atoms with Gasteiger partial charge in [-0.3, -0.25) is 10.00 Å². The monoisotopic (exact) mass is 280 g/mol. The summed E-state index contributed by atoms with van der Waals surface area (Å²) in [4.78, 5) is 0. The first kappa shape index (κ1) is 13.8. The van der Waals surface area contributed by atoms with Crippen molar-refractivity contribution < 1.29 is 0 Å². The Labute approximate surface area is 125 Å². The molecule has 1 heterocycles. The van der Waals surface area contributed by atoms with Crippen molar-refractivity contribution in [3.63, 3.8) is 0 Å². The summed E-state index contributed by atoms with van der Waals surface area (Å²) in [7, 11) is 0. The van der Waals surface area contributed by atoms with E-state index in [1.54, 1.807) is 0 Å². The highest BCUT2D eigenvalue weighted by molar-refractivity contribution is 5.32. The summed E-state index contributed by atoms with van der Waals surface area (Å²) in [6.45, 7) is 4.54. The third-order valence-electron chi connectivity index (χ3n) is 3.98. The fourth-order valence-corrected chi connectivity index (χ4v) is 2.71. The van der Waals surface area contributed by atoms with Crippen LogP contribution in [-0.2, 0) is 12.1 Å². The summed E-state index contributed by atoms with van der Waals surface area (Å²) in [6, 6.07) is 15.0. The Morgan fingerprint density at radius 2 is 2.05 bits per heavy atom. The molecule has 3 rings (SSSR count). The van der Waals surface area contributed by atoms with Crippen molar-refractivity contribution >= 4 is 0 Å². The maximum Gasteiger partial charge on any atom is 0.152 e. The maximum absolute atomic E-state index is 9.91. The van der Waals surface area contributed by atoms with Gasteiger partial charge in [-0.05, 0) is 38.3 Å². The summed E-state index contributed by atoms with van der Waals surface area (Å²) in [5.74, 6) is 0. The molecular formula is C17H20N4. The van der Waals surface area contributed by atoms with E-state index in [-0.39, 0.29) is 0 Å². The van der Waals surface area contributed by atoms with Crippen LogP contribution in [0.25, 0.3) is 0 Å². The van der Waals surface area contributed by atoms with Crippen molar-refractivity contribution in [2.24, 2.45) is 0 Å². The normalized spacial score (nSPS) is 17.2. The van der Waals surface area contributed by atoms with Crippen LogP contribution in [0, 0.1) is 25.2 Å². The van der Waals surface area contributed by atoms with E-state index < -0.39 is 5.54 Å². The van der Waals surface area contributed by atoms with Gasteiger partial charge in [-0.1, -0.05) is 30.3 Å². The quantitative estimate of drug-likeness (QED) is 0.916. The molecule has 4 heteroatoms. The van der Waals surface area contributed by atoms with Gasteiger partial charge in [-0.15, -0.1) is 0 Å². The number of benzene rings is 1. The van der Waals surface area contributed by atoms with E-state index in [0.717, 1.165) is 29.8 Å². The second-order valence-electron chi connectivity index (χ2n) is 5.89. The minimum absolute atomic E-state index is 0.446. The molecule has 1 N–H and O–H groups in total. The topological polar surface area (TPSA) is 53.6 Å². The van der Waals surface area contributed by atoms with Crippen molar-refractivity contribution in [1.29, 1.82) is 5.26 Å². The molecule has 0 saturated heterocycles. The number of aryl methyl sites for hydroxylation is 2. The number of nitrogens with zero attached hydrogens (tertiary/aromatic N) is 3. The smallest absolute Gasteiger partial charge is 0.152 e. The standard InChI is InChI=1S/C17H20N4/c1-13-10-14(2)21(20-13)12-17(11-18,19-16-8-9-16)15-6-4-3-5-7-15/h3-7,10,16,19H,8-9,12H2,1-2H3. The SMILES string of the molecule is Cc1cc(C)n(CC(C#N)(NC2CC2)c2ccccc2)n1. The van der Waals surface area contributed by atoms with Crippen molar-refractivity contribution in [3.05, 3.63) is 53.3 Å². The zero-order valence-corrected chi connectivity index (χ0v) is 12.5. The molecule has 0 radical (unpaired) electrons. The molecule has 108 valence electrons. The Balaban J connectivity index is 1.99. The van der Waals surface area contributed by atoms with Gasteiger partial charge in [-0.25, -0.2) is 0 Å². The molecule has 1 saturated carbocycles. The lowest BCUT2D eigenvalue weighted by Crippen LogP contribution is -2.46. The van der Waals surface area contributed by atoms with E-state index in [4.69, 9.17) is 0 Å². The number of hydrogen-bond acceptors (Lipinski definition) is 3. The minimum Gasteiger partial charge on any atom is -0.291 e. The Morgan fingerprint density at radius 1 is 1.33 bits per heavy atom. The summed E-state index contributed by atoms with van der Waals surface area (Å²) >= 11 is 0. The van der Waals surface area contributed by atoms with Crippen molar-refractivity contribution in [1.82, 2.24) is 15.1 Å². The van der Waals surface area contributed by atoms with Crippen LogP contribution >= 0.6 is 0 Å².